The Morgan fingerprint density at radius 2 is 2.16 bits per heavy atom. The summed E-state index contributed by atoms with van der Waals surface area (Å²) in [6.07, 6.45) is 1.77. The topological polar surface area (TPSA) is 49.8 Å². The number of benzene rings is 1. The lowest BCUT2D eigenvalue weighted by Gasteiger charge is -2.17. The fourth-order valence-electron chi connectivity index (χ4n) is 1.94. The zero-order valence-corrected chi connectivity index (χ0v) is 12.0. The Morgan fingerprint density at radius 3 is 2.74 bits per heavy atom. The molecule has 0 aliphatic rings. The molecule has 1 N–H and O–H groups in total. The van der Waals surface area contributed by atoms with Gasteiger partial charge in [-0.15, -0.1) is 0 Å². The van der Waals surface area contributed by atoms with Crippen LogP contribution in [0.25, 0.3) is 0 Å². The van der Waals surface area contributed by atoms with Crippen molar-refractivity contribution in [3.8, 4) is 5.75 Å². The highest BCUT2D eigenvalue weighted by Crippen LogP contribution is 2.18. The molecule has 0 atom stereocenters. The molecule has 0 saturated carbocycles. The van der Waals surface area contributed by atoms with E-state index in [2.05, 4.69) is 6.07 Å². The number of nitrogens with zero attached hydrogens (tertiary/aromatic N) is 1. The quantitative estimate of drug-likeness (QED) is 0.817. The van der Waals surface area contributed by atoms with E-state index in [9.17, 15) is 4.79 Å². The molecule has 0 bridgehead atoms. The Morgan fingerprint density at radius 1 is 1.42 bits per heavy atom. The summed E-state index contributed by atoms with van der Waals surface area (Å²) in [5.41, 5.74) is 2.30. The first kappa shape index (κ1) is 15.5. The highest BCUT2D eigenvalue weighted by Gasteiger charge is 2.08. The lowest BCUT2D eigenvalue weighted by atomic mass is 10.1. The average Bonchev–Trinajstić information content (AvgIpc) is 2.42. The van der Waals surface area contributed by atoms with Gasteiger partial charge in [-0.1, -0.05) is 12.1 Å². The molecular weight excluding hydrogens is 242 g/mol. The van der Waals surface area contributed by atoms with Gasteiger partial charge in [0.25, 0.3) is 0 Å². The van der Waals surface area contributed by atoms with E-state index in [0.717, 1.165) is 17.7 Å². The van der Waals surface area contributed by atoms with Gasteiger partial charge in [-0.2, -0.15) is 0 Å². The monoisotopic (exact) mass is 265 g/mol. The first-order chi connectivity index (χ1) is 9.08. The number of hydrogen-bond acceptors (Lipinski definition) is 3. The van der Waals surface area contributed by atoms with Crippen molar-refractivity contribution >= 4 is 5.91 Å². The minimum Gasteiger partial charge on any atom is -0.496 e. The van der Waals surface area contributed by atoms with Crippen LogP contribution in [0.1, 0.15) is 24.0 Å². The van der Waals surface area contributed by atoms with Crippen molar-refractivity contribution in [1.82, 2.24) is 4.90 Å². The highest BCUT2D eigenvalue weighted by atomic mass is 16.5. The molecule has 0 radical (unpaired) electrons. The standard InChI is InChI=1S/C15H23NO3/c1-12-11-13(6-7-14(12)19-3)8-9-16(2)15(18)5-4-10-17/h6-7,11,17H,4-5,8-10H2,1-3H3. The molecule has 4 nitrogen and oxygen atoms in total. The van der Waals surface area contributed by atoms with Crippen molar-refractivity contribution in [2.75, 3.05) is 27.3 Å². The maximum atomic E-state index is 11.7. The molecule has 19 heavy (non-hydrogen) atoms. The zero-order chi connectivity index (χ0) is 14.3. The predicted octanol–water partition coefficient (Wildman–Crippen LogP) is 1.78. The van der Waals surface area contributed by atoms with Crippen LogP contribution in [0.4, 0.5) is 0 Å². The third-order valence-corrected chi connectivity index (χ3v) is 3.17. The van der Waals surface area contributed by atoms with Crippen molar-refractivity contribution in [3.63, 3.8) is 0 Å². The second-order valence-corrected chi connectivity index (χ2v) is 4.70. The van der Waals surface area contributed by atoms with E-state index in [1.165, 1.54) is 5.56 Å². The molecule has 0 spiro atoms. The first-order valence-corrected chi connectivity index (χ1v) is 6.56. The maximum Gasteiger partial charge on any atom is 0.222 e. The van der Waals surface area contributed by atoms with Crippen molar-refractivity contribution in [2.24, 2.45) is 0 Å². The number of aryl methyl sites for hydroxylation is 1. The second-order valence-electron chi connectivity index (χ2n) is 4.70. The molecule has 1 amide bonds. The molecule has 1 rings (SSSR count). The summed E-state index contributed by atoms with van der Waals surface area (Å²) in [7, 11) is 3.46. The van der Waals surface area contributed by atoms with Crippen LogP contribution in [0.2, 0.25) is 0 Å². The van der Waals surface area contributed by atoms with Crippen molar-refractivity contribution < 1.29 is 14.6 Å². The van der Waals surface area contributed by atoms with Crippen LogP contribution in [0.3, 0.4) is 0 Å². The van der Waals surface area contributed by atoms with E-state index in [0.29, 0.717) is 19.4 Å². The van der Waals surface area contributed by atoms with E-state index in [1.54, 1.807) is 19.1 Å². The molecular formula is C15H23NO3. The number of rotatable bonds is 7. The summed E-state index contributed by atoms with van der Waals surface area (Å²) in [6, 6.07) is 6.07. The van der Waals surface area contributed by atoms with E-state index in [-0.39, 0.29) is 12.5 Å². The lowest BCUT2D eigenvalue weighted by molar-refractivity contribution is -0.130. The Balaban J connectivity index is 2.48. The Labute approximate surface area is 115 Å². The van der Waals surface area contributed by atoms with Gasteiger partial charge in [-0.05, 0) is 37.0 Å². The van der Waals surface area contributed by atoms with Gasteiger partial charge in [0, 0.05) is 26.6 Å². The molecule has 0 heterocycles. The number of carbonyl (C=O) groups excluding carboxylic acids is 1. The molecule has 1 aromatic carbocycles. The van der Waals surface area contributed by atoms with E-state index >= 15 is 0 Å². The normalized spacial score (nSPS) is 10.3. The van der Waals surface area contributed by atoms with Crippen LogP contribution in [0.15, 0.2) is 18.2 Å². The number of carbonyl (C=O) groups is 1. The van der Waals surface area contributed by atoms with E-state index in [1.807, 2.05) is 19.1 Å². The van der Waals surface area contributed by atoms with Crippen molar-refractivity contribution in [3.05, 3.63) is 29.3 Å². The predicted molar refractivity (Wildman–Crippen MR) is 75.4 cm³/mol. The average molecular weight is 265 g/mol. The lowest BCUT2D eigenvalue weighted by Crippen LogP contribution is -2.28. The Kier molecular flexibility index (Phi) is 6.36. The van der Waals surface area contributed by atoms with Gasteiger partial charge in [-0.3, -0.25) is 4.79 Å². The number of amides is 1. The summed E-state index contributed by atoms with van der Waals surface area (Å²) in [6.45, 7) is 2.77. The van der Waals surface area contributed by atoms with Gasteiger partial charge in [0.1, 0.15) is 5.75 Å². The molecule has 1 aromatic rings. The molecule has 0 saturated heterocycles. The molecule has 0 aliphatic heterocycles. The largest absolute Gasteiger partial charge is 0.496 e. The SMILES string of the molecule is COc1ccc(CCN(C)C(=O)CCCO)cc1C. The van der Waals surface area contributed by atoms with Crippen LogP contribution >= 0.6 is 0 Å². The van der Waals surface area contributed by atoms with Gasteiger partial charge in [0.05, 0.1) is 7.11 Å². The van der Waals surface area contributed by atoms with E-state index in [4.69, 9.17) is 9.84 Å². The number of hydrogen-bond donors (Lipinski definition) is 1. The first-order valence-electron chi connectivity index (χ1n) is 6.56. The van der Waals surface area contributed by atoms with Crippen LogP contribution < -0.4 is 4.74 Å². The van der Waals surface area contributed by atoms with Gasteiger partial charge >= 0.3 is 0 Å². The summed E-state index contributed by atoms with van der Waals surface area (Å²) in [4.78, 5) is 13.4. The van der Waals surface area contributed by atoms with Crippen LogP contribution in [-0.2, 0) is 11.2 Å². The third-order valence-electron chi connectivity index (χ3n) is 3.17. The van der Waals surface area contributed by atoms with Crippen molar-refractivity contribution in [2.45, 2.75) is 26.2 Å². The van der Waals surface area contributed by atoms with Gasteiger partial charge in [0.15, 0.2) is 0 Å². The highest BCUT2D eigenvalue weighted by molar-refractivity contribution is 5.75. The number of methoxy groups -OCH3 is 1. The third kappa shape index (κ3) is 4.91. The molecule has 106 valence electrons. The molecule has 0 unspecified atom stereocenters. The van der Waals surface area contributed by atoms with Crippen molar-refractivity contribution in [1.29, 1.82) is 0 Å². The number of likely N-dealkylation sites (N-methyl/N-ethyl adjacent to an activating group) is 1. The van der Waals surface area contributed by atoms with Crippen LogP contribution in [0, 0.1) is 6.92 Å². The fraction of sp³-hybridized carbons (Fsp3) is 0.533. The van der Waals surface area contributed by atoms with Crippen LogP contribution in [-0.4, -0.2) is 43.2 Å². The fourth-order valence-corrected chi connectivity index (χ4v) is 1.94. The minimum absolute atomic E-state index is 0.0667. The number of aliphatic hydroxyl groups is 1. The van der Waals surface area contributed by atoms with Gasteiger partial charge < -0.3 is 14.7 Å². The number of ether oxygens (including phenoxy) is 1. The zero-order valence-electron chi connectivity index (χ0n) is 12.0. The van der Waals surface area contributed by atoms with Gasteiger partial charge in [0.2, 0.25) is 5.91 Å². The van der Waals surface area contributed by atoms with Gasteiger partial charge in [-0.25, -0.2) is 0 Å². The second kappa shape index (κ2) is 7.79. The summed E-state index contributed by atoms with van der Waals surface area (Å²) >= 11 is 0. The summed E-state index contributed by atoms with van der Waals surface area (Å²) in [5.74, 6) is 0.968. The summed E-state index contributed by atoms with van der Waals surface area (Å²) < 4.78 is 5.22. The molecule has 0 aliphatic carbocycles. The Hall–Kier alpha value is -1.55. The smallest absolute Gasteiger partial charge is 0.222 e. The summed E-state index contributed by atoms with van der Waals surface area (Å²) in [5, 5.41) is 8.70. The molecule has 0 aromatic heterocycles. The number of aliphatic hydroxyl groups excluding tert-OH is 1. The minimum atomic E-state index is 0.0667. The molecule has 0 fully saturated rings. The van der Waals surface area contributed by atoms with Crippen LogP contribution in [0.5, 0.6) is 5.75 Å². The maximum absolute atomic E-state index is 11.7. The molecule has 4 heteroatoms. The Bertz CT molecular complexity index is 418. The van der Waals surface area contributed by atoms with E-state index < -0.39 is 0 Å².